The third-order valence-electron chi connectivity index (χ3n) is 6.73. The van der Waals surface area contributed by atoms with Gasteiger partial charge in [0.1, 0.15) is 11.5 Å². The number of alkyl halides is 6. The third-order valence-corrected chi connectivity index (χ3v) is 6.73. The zero-order chi connectivity index (χ0) is 30.6. The summed E-state index contributed by atoms with van der Waals surface area (Å²) in [6.45, 7) is 4.15. The van der Waals surface area contributed by atoms with E-state index < -0.39 is 34.8 Å². The van der Waals surface area contributed by atoms with Crippen LogP contribution in [0, 0.1) is 0 Å². The molecule has 4 aromatic carbocycles. The molecule has 0 atom stereocenters. The van der Waals surface area contributed by atoms with Gasteiger partial charge in [0.05, 0.1) is 22.3 Å². The van der Waals surface area contributed by atoms with Gasteiger partial charge in [-0.3, -0.25) is 0 Å². The number of nitrogens with zero attached hydrogens (tertiary/aromatic N) is 2. The highest BCUT2D eigenvalue weighted by atomic mass is 19.4. The second-order valence-corrected chi connectivity index (χ2v) is 9.68. The summed E-state index contributed by atoms with van der Waals surface area (Å²) in [7, 11) is 0. The highest BCUT2D eigenvalue weighted by Crippen LogP contribution is 2.41. The molecule has 0 radical (unpaired) electrons. The van der Waals surface area contributed by atoms with Gasteiger partial charge >= 0.3 is 12.4 Å². The Labute approximate surface area is 244 Å². The van der Waals surface area contributed by atoms with E-state index in [4.69, 9.17) is 9.47 Å². The summed E-state index contributed by atoms with van der Waals surface area (Å²) in [6.07, 6.45) is -3.80. The molecule has 0 bridgehead atoms. The van der Waals surface area contributed by atoms with E-state index in [0.29, 0.717) is 18.5 Å². The zero-order valence-electron chi connectivity index (χ0n) is 22.7. The minimum absolute atomic E-state index is 0.104. The van der Waals surface area contributed by atoms with Crippen LogP contribution < -0.4 is 9.47 Å². The molecule has 220 valence electrons. The summed E-state index contributed by atoms with van der Waals surface area (Å²) in [5.41, 5.74) is 0.818. The molecule has 4 aromatic rings. The van der Waals surface area contributed by atoms with E-state index in [9.17, 15) is 26.3 Å². The molecule has 0 fully saturated rings. The number of fused-ring (bicyclic) bond motifs is 2. The first-order valence-corrected chi connectivity index (χ1v) is 13.2. The largest absolute Gasteiger partial charge is 0.435 e. The van der Waals surface area contributed by atoms with E-state index in [1.165, 1.54) is 10.1 Å². The van der Waals surface area contributed by atoms with Crippen molar-refractivity contribution in [3.63, 3.8) is 0 Å². The Kier molecular flexibility index (Phi) is 8.38. The van der Waals surface area contributed by atoms with Crippen LogP contribution in [-0.2, 0) is 18.8 Å². The molecule has 43 heavy (non-hydrogen) atoms. The normalized spacial score (nSPS) is 14.0. The molecule has 2 aliphatic heterocycles. The minimum atomic E-state index is -4.94. The van der Waals surface area contributed by atoms with Gasteiger partial charge in [0.25, 0.3) is 13.5 Å². The maximum atomic E-state index is 13.2. The monoisotopic (exact) mass is 596 g/mol. The van der Waals surface area contributed by atoms with Crippen LogP contribution in [0.1, 0.15) is 27.8 Å². The SMILES string of the molecule is C=CCc1cccc2c1OC[N+](c1ccccc1)=C2.FC(F)(F)c1cc2c(c(C(F)(F)F)c1)C=[N+](c1ccccc1)CO2. The molecule has 2 aliphatic rings. The van der Waals surface area contributed by atoms with Gasteiger partial charge in [-0.05, 0) is 30.2 Å². The summed E-state index contributed by atoms with van der Waals surface area (Å²) >= 11 is 0. The maximum absolute atomic E-state index is 13.2. The fourth-order valence-electron chi connectivity index (χ4n) is 4.68. The number of benzene rings is 4. The van der Waals surface area contributed by atoms with Crippen molar-refractivity contribution in [3.8, 4) is 11.5 Å². The Morgan fingerprint density at radius 3 is 1.88 bits per heavy atom. The Balaban J connectivity index is 0.000000176. The van der Waals surface area contributed by atoms with Gasteiger partial charge in [-0.25, -0.2) is 0 Å². The van der Waals surface area contributed by atoms with E-state index in [1.54, 1.807) is 30.3 Å². The predicted molar refractivity (Wildman–Crippen MR) is 151 cm³/mol. The number of allylic oxidation sites excluding steroid dienone is 1. The summed E-state index contributed by atoms with van der Waals surface area (Å²) in [5, 5.41) is 0. The van der Waals surface area contributed by atoms with Crippen LogP contribution in [0.4, 0.5) is 37.7 Å². The van der Waals surface area contributed by atoms with Gasteiger partial charge in [0, 0.05) is 24.3 Å². The van der Waals surface area contributed by atoms with Crippen molar-refractivity contribution >= 4 is 23.8 Å². The highest BCUT2D eigenvalue weighted by molar-refractivity contribution is 5.84. The average molecular weight is 597 g/mol. The zero-order valence-corrected chi connectivity index (χ0v) is 22.7. The summed E-state index contributed by atoms with van der Waals surface area (Å²) < 4.78 is 92.7. The van der Waals surface area contributed by atoms with E-state index in [0.717, 1.165) is 29.6 Å². The van der Waals surface area contributed by atoms with Gasteiger partial charge in [-0.15, -0.1) is 6.58 Å². The molecule has 0 aromatic heterocycles. The molecule has 0 saturated heterocycles. The minimum Gasteiger partial charge on any atom is -0.435 e. The first-order valence-electron chi connectivity index (χ1n) is 13.2. The average Bonchev–Trinajstić information content (AvgIpc) is 3.00. The van der Waals surface area contributed by atoms with Gasteiger partial charge < -0.3 is 9.47 Å². The lowest BCUT2D eigenvalue weighted by atomic mass is 10.0. The number of para-hydroxylation sites is 3. The number of rotatable bonds is 4. The maximum Gasteiger partial charge on any atom is 0.417 e. The van der Waals surface area contributed by atoms with E-state index in [-0.39, 0.29) is 12.8 Å². The molecular formula is C33H26F6N2O2+2. The smallest absolute Gasteiger partial charge is 0.417 e. The molecule has 0 aliphatic carbocycles. The van der Waals surface area contributed by atoms with Crippen molar-refractivity contribution in [2.45, 2.75) is 18.8 Å². The molecule has 0 saturated carbocycles. The van der Waals surface area contributed by atoms with Crippen LogP contribution in [0.15, 0.2) is 104 Å². The second kappa shape index (κ2) is 12.2. The molecule has 2 heterocycles. The summed E-state index contributed by atoms with van der Waals surface area (Å²) in [4.78, 5) is 0. The Morgan fingerprint density at radius 1 is 0.698 bits per heavy atom. The standard InChI is InChI=1S/C17H16NO.C16H10F6NO/c1-2-7-14-8-6-9-15-12-18(13-19-17(14)15)16-10-4-3-5-11-16;17-15(18,19)10-6-13(16(20,21)22)12-8-23(9-24-14(12)7-10)11-4-2-1-3-5-11/h2-6,8-12H,1,7,13H2;1-8H,9H2/q2*+1. The fraction of sp³-hybridized carbons (Fsp3) is 0.152. The van der Waals surface area contributed by atoms with Crippen molar-refractivity contribution in [1.29, 1.82) is 0 Å². The van der Waals surface area contributed by atoms with Gasteiger partial charge in [-0.2, -0.15) is 35.5 Å². The second-order valence-electron chi connectivity index (χ2n) is 9.68. The number of halogens is 6. The Hall–Kier alpha value is -4.86. The Bertz CT molecular complexity index is 1680. The molecule has 0 N–H and O–H groups in total. The third kappa shape index (κ3) is 6.80. The van der Waals surface area contributed by atoms with Gasteiger partial charge in [-0.1, -0.05) is 54.6 Å². The number of hydrogen-bond donors (Lipinski definition) is 0. The van der Waals surface area contributed by atoms with Crippen molar-refractivity contribution < 1.29 is 45.0 Å². The van der Waals surface area contributed by atoms with Crippen molar-refractivity contribution in [2.24, 2.45) is 0 Å². The highest BCUT2D eigenvalue weighted by Gasteiger charge is 2.41. The lowest BCUT2D eigenvalue weighted by Gasteiger charge is -2.20. The van der Waals surface area contributed by atoms with Crippen molar-refractivity contribution in [1.82, 2.24) is 0 Å². The Morgan fingerprint density at radius 2 is 1.30 bits per heavy atom. The summed E-state index contributed by atoms with van der Waals surface area (Å²) in [5.74, 6) is 0.541. The topological polar surface area (TPSA) is 24.5 Å². The summed E-state index contributed by atoms with van der Waals surface area (Å²) in [6, 6.07) is 25.6. The van der Waals surface area contributed by atoms with Crippen molar-refractivity contribution in [2.75, 3.05) is 13.5 Å². The van der Waals surface area contributed by atoms with Gasteiger partial charge in [0.15, 0.2) is 12.4 Å². The number of hydrogen-bond acceptors (Lipinski definition) is 2. The molecular weight excluding hydrogens is 570 g/mol. The molecule has 4 nitrogen and oxygen atoms in total. The van der Waals surface area contributed by atoms with E-state index in [1.807, 2.05) is 24.3 Å². The van der Waals surface area contributed by atoms with Crippen LogP contribution in [0.3, 0.4) is 0 Å². The fourth-order valence-corrected chi connectivity index (χ4v) is 4.68. The van der Waals surface area contributed by atoms with Crippen LogP contribution in [0.5, 0.6) is 11.5 Å². The molecule has 0 amide bonds. The van der Waals surface area contributed by atoms with Crippen LogP contribution in [0.2, 0.25) is 0 Å². The van der Waals surface area contributed by atoms with Gasteiger partial charge in [0.2, 0.25) is 11.4 Å². The first kappa shape index (κ1) is 29.6. The van der Waals surface area contributed by atoms with Crippen LogP contribution >= 0.6 is 0 Å². The number of ether oxygens (including phenoxy) is 2. The predicted octanol–water partition coefficient (Wildman–Crippen LogP) is 8.37. The van der Waals surface area contributed by atoms with Crippen molar-refractivity contribution in [3.05, 3.63) is 131 Å². The van der Waals surface area contributed by atoms with E-state index in [2.05, 4.69) is 47.7 Å². The van der Waals surface area contributed by atoms with Crippen LogP contribution in [0.25, 0.3) is 0 Å². The molecule has 0 unspecified atom stereocenters. The van der Waals surface area contributed by atoms with Crippen LogP contribution in [-0.4, -0.2) is 35.0 Å². The van der Waals surface area contributed by atoms with E-state index >= 15 is 0 Å². The molecule has 6 rings (SSSR count). The molecule has 0 spiro atoms. The molecule has 10 heteroatoms. The lowest BCUT2D eigenvalue weighted by molar-refractivity contribution is -0.476. The lowest BCUT2D eigenvalue weighted by Crippen LogP contribution is -2.24. The first-order chi connectivity index (χ1) is 20.5. The quantitative estimate of drug-likeness (QED) is 0.134.